The first kappa shape index (κ1) is 38.0. The number of hydrogen-bond donors (Lipinski definition) is 7. The lowest BCUT2D eigenvalue weighted by Gasteiger charge is -2.29. The molecule has 1 saturated carbocycles. The van der Waals surface area contributed by atoms with Gasteiger partial charge >= 0.3 is 7.12 Å². The first-order valence-corrected chi connectivity index (χ1v) is 17.5. The molecule has 0 radical (unpaired) electrons. The van der Waals surface area contributed by atoms with Gasteiger partial charge in [0.15, 0.2) is 0 Å². The Morgan fingerprint density at radius 3 is 1.96 bits per heavy atom. The van der Waals surface area contributed by atoms with E-state index in [0.29, 0.717) is 58.0 Å². The van der Waals surface area contributed by atoms with Crippen LogP contribution in [0.4, 0.5) is 0 Å². The summed E-state index contributed by atoms with van der Waals surface area (Å²) in [5.41, 5.74) is 13.7. The van der Waals surface area contributed by atoms with Crippen LogP contribution in [0.15, 0.2) is 60.7 Å². The minimum atomic E-state index is -1.51. The van der Waals surface area contributed by atoms with E-state index in [1.54, 1.807) is 4.90 Å². The normalized spacial score (nSPS) is 20.5. The van der Waals surface area contributed by atoms with Gasteiger partial charge in [-0.3, -0.25) is 19.2 Å². The number of rotatable bonds is 19. The maximum Gasteiger partial charge on any atom is 0.460 e. The second-order valence-electron chi connectivity index (χ2n) is 14.2. The average Bonchev–Trinajstić information content (AvgIpc) is 3.66. The van der Waals surface area contributed by atoms with E-state index in [-0.39, 0.29) is 30.7 Å². The van der Waals surface area contributed by atoms with Crippen LogP contribution < -0.4 is 27.4 Å². The molecule has 266 valence electrons. The lowest BCUT2D eigenvalue weighted by atomic mass is 9.68. The molecule has 1 aliphatic carbocycles. The lowest BCUT2D eigenvalue weighted by Crippen LogP contribution is -2.58. The molecular formula is C36H53BN6O6. The lowest BCUT2D eigenvalue weighted by molar-refractivity contribution is -0.137. The summed E-state index contributed by atoms with van der Waals surface area (Å²) in [4.78, 5) is 56.4. The predicted molar refractivity (Wildman–Crippen MR) is 189 cm³/mol. The van der Waals surface area contributed by atoms with E-state index in [1.807, 2.05) is 74.5 Å². The minimum Gasteiger partial charge on any atom is -0.427 e. The maximum absolute atomic E-state index is 13.9. The maximum atomic E-state index is 13.9. The van der Waals surface area contributed by atoms with E-state index in [2.05, 4.69) is 16.0 Å². The van der Waals surface area contributed by atoms with Crippen molar-refractivity contribution >= 4 is 30.7 Å². The van der Waals surface area contributed by atoms with Crippen molar-refractivity contribution in [3.63, 3.8) is 0 Å². The zero-order valence-corrected chi connectivity index (χ0v) is 28.7. The molecule has 2 aliphatic rings. The molecule has 49 heavy (non-hydrogen) atoms. The molecule has 1 heterocycles. The van der Waals surface area contributed by atoms with Gasteiger partial charge in [0.25, 0.3) is 0 Å². The first-order valence-electron chi connectivity index (χ1n) is 17.5. The van der Waals surface area contributed by atoms with Crippen LogP contribution in [0.5, 0.6) is 0 Å². The number of nitrogens with zero attached hydrogens (tertiary/aromatic N) is 1. The summed E-state index contributed by atoms with van der Waals surface area (Å²) in [6, 6.07) is 14.9. The standard InChI is InChI=1S/C36H53BN6O6/c1-24(2)16-17-29(33(45)41-30(15-9-10-18-38)35(47)43-22-27-21-36(27,23-43)37(48)49)40-34(46)31(20-26-13-7-4-8-14-26)42-32(44)28(39)19-25-11-5-3-6-12-25/h3-8,11-14,24,27-31,48-49H,9-10,15-23,38-39H2,1-2H3,(H,40,46)(H,41,45)(H,42,44)/t27?,28-,29-,30-,31-,36?/m1/s1. The van der Waals surface area contributed by atoms with Gasteiger partial charge in [-0.15, -0.1) is 0 Å². The zero-order valence-electron chi connectivity index (χ0n) is 28.7. The largest absolute Gasteiger partial charge is 0.460 e. The van der Waals surface area contributed by atoms with Crippen LogP contribution in [-0.4, -0.2) is 89.5 Å². The predicted octanol–water partition coefficient (Wildman–Crippen LogP) is 0.894. The highest BCUT2D eigenvalue weighted by molar-refractivity contribution is 6.47. The summed E-state index contributed by atoms with van der Waals surface area (Å²) in [6.07, 6.45) is 3.72. The van der Waals surface area contributed by atoms with Crippen molar-refractivity contribution in [1.82, 2.24) is 20.9 Å². The molecule has 2 aromatic carbocycles. The summed E-state index contributed by atoms with van der Waals surface area (Å²) in [6.45, 7) is 5.11. The third-order valence-electron chi connectivity index (χ3n) is 9.81. The van der Waals surface area contributed by atoms with Crippen LogP contribution in [0.25, 0.3) is 0 Å². The number of nitrogens with one attached hydrogen (secondary N) is 3. The van der Waals surface area contributed by atoms with E-state index >= 15 is 0 Å². The average molecular weight is 677 g/mol. The second-order valence-corrected chi connectivity index (χ2v) is 14.2. The first-order chi connectivity index (χ1) is 23.4. The van der Waals surface area contributed by atoms with Crippen LogP contribution in [0.2, 0.25) is 5.31 Å². The van der Waals surface area contributed by atoms with Gasteiger partial charge in [0.2, 0.25) is 23.6 Å². The molecule has 0 spiro atoms. The van der Waals surface area contributed by atoms with Crippen molar-refractivity contribution in [2.45, 2.75) is 94.7 Å². The van der Waals surface area contributed by atoms with E-state index in [1.165, 1.54) is 0 Å². The molecule has 6 atom stereocenters. The van der Waals surface area contributed by atoms with Gasteiger partial charge in [-0.2, -0.15) is 0 Å². The molecule has 4 amide bonds. The number of unbranched alkanes of at least 4 members (excludes halogenated alkanes) is 1. The zero-order chi connectivity index (χ0) is 35.6. The van der Waals surface area contributed by atoms with E-state index in [9.17, 15) is 29.2 Å². The van der Waals surface area contributed by atoms with Crippen LogP contribution >= 0.6 is 0 Å². The minimum absolute atomic E-state index is 0.0208. The Hall–Kier alpha value is -3.78. The molecule has 0 bridgehead atoms. The molecule has 2 unspecified atom stereocenters. The molecule has 0 aromatic heterocycles. The number of benzene rings is 2. The smallest absolute Gasteiger partial charge is 0.427 e. The number of fused-ring (bicyclic) bond motifs is 1. The van der Waals surface area contributed by atoms with Crippen molar-refractivity contribution in [3.8, 4) is 0 Å². The molecule has 2 fully saturated rings. The third-order valence-corrected chi connectivity index (χ3v) is 9.81. The van der Waals surface area contributed by atoms with Gasteiger partial charge in [0.1, 0.15) is 18.1 Å². The van der Waals surface area contributed by atoms with Crippen molar-refractivity contribution in [3.05, 3.63) is 71.8 Å². The fourth-order valence-corrected chi connectivity index (χ4v) is 6.67. The monoisotopic (exact) mass is 676 g/mol. The highest BCUT2D eigenvalue weighted by Gasteiger charge is 2.67. The second kappa shape index (κ2) is 17.8. The summed E-state index contributed by atoms with van der Waals surface area (Å²) in [5.74, 6) is -1.53. The number of likely N-dealkylation sites (tertiary alicyclic amines) is 1. The SMILES string of the molecule is CC(C)CC[C@@H](NC(=O)[C@@H](Cc1ccccc1)NC(=O)[C@H](N)Cc1ccccc1)C(=O)N[C@H](CCCCN)C(=O)N1CC2CC2(B(O)O)C1. The Morgan fingerprint density at radius 1 is 0.816 bits per heavy atom. The van der Waals surface area contributed by atoms with Crippen LogP contribution in [0.3, 0.4) is 0 Å². The number of piperidine rings is 1. The van der Waals surface area contributed by atoms with Crippen molar-refractivity contribution in [1.29, 1.82) is 0 Å². The van der Waals surface area contributed by atoms with Gasteiger partial charge in [-0.25, -0.2) is 0 Å². The van der Waals surface area contributed by atoms with Crippen molar-refractivity contribution in [2.24, 2.45) is 23.3 Å². The molecule has 13 heteroatoms. The fraction of sp³-hybridized carbons (Fsp3) is 0.556. The van der Waals surface area contributed by atoms with Crippen LogP contribution in [0, 0.1) is 11.8 Å². The van der Waals surface area contributed by atoms with E-state index in [4.69, 9.17) is 11.5 Å². The van der Waals surface area contributed by atoms with Gasteiger partial charge in [-0.1, -0.05) is 74.5 Å². The fourth-order valence-electron chi connectivity index (χ4n) is 6.67. The molecule has 2 aromatic rings. The summed E-state index contributed by atoms with van der Waals surface area (Å²) in [5, 5.41) is 27.8. The number of hydrogen-bond acceptors (Lipinski definition) is 8. The quantitative estimate of drug-likeness (QED) is 0.0841. The Labute approximate surface area is 289 Å². The van der Waals surface area contributed by atoms with E-state index in [0.717, 1.165) is 11.1 Å². The molecule has 12 nitrogen and oxygen atoms in total. The van der Waals surface area contributed by atoms with Crippen molar-refractivity contribution < 1.29 is 29.2 Å². The van der Waals surface area contributed by atoms with E-state index < -0.39 is 54.3 Å². The number of amides is 4. The van der Waals surface area contributed by atoms with Gasteiger partial charge < -0.3 is 42.4 Å². The van der Waals surface area contributed by atoms with Crippen molar-refractivity contribution in [2.75, 3.05) is 19.6 Å². The number of nitrogens with two attached hydrogens (primary N) is 2. The van der Waals surface area contributed by atoms with Crippen LogP contribution in [-0.2, 0) is 32.0 Å². The van der Waals surface area contributed by atoms with Gasteiger partial charge in [0, 0.05) is 24.8 Å². The third kappa shape index (κ3) is 10.6. The summed E-state index contributed by atoms with van der Waals surface area (Å²) < 4.78 is 0. The van der Waals surface area contributed by atoms with Gasteiger partial charge in [0.05, 0.1) is 6.04 Å². The van der Waals surface area contributed by atoms with Crippen LogP contribution in [0.1, 0.15) is 63.5 Å². The highest BCUT2D eigenvalue weighted by atomic mass is 16.4. The topological polar surface area (TPSA) is 200 Å². The molecule has 4 rings (SSSR count). The Morgan fingerprint density at radius 2 is 1.39 bits per heavy atom. The summed E-state index contributed by atoms with van der Waals surface area (Å²) in [7, 11) is -1.51. The number of carbonyl (C=O) groups is 4. The molecule has 1 saturated heterocycles. The molecule has 1 aliphatic heterocycles. The highest BCUT2D eigenvalue weighted by Crippen LogP contribution is 2.65. The Bertz CT molecular complexity index is 1400. The Kier molecular flexibility index (Phi) is 13.8. The molecular weight excluding hydrogens is 623 g/mol. The number of carbonyl (C=O) groups excluding carboxylic acids is 4. The van der Waals surface area contributed by atoms with Gasteiger partial charge in [-0.05, 0) is 74.5 Å². The summed E-state index contributed by atoms with van der Waals surface area (Å²) >= 11 is 0. The Balaban J connectivity index is 1.48. The molecule has 9 N–H and O–H groups in total.